The Balaban J connectivity index is 1.01. The monoisotopic (exact) mass is 1100 g/mol. The van der Waals surface area contributed by atoms with Gasteiger partial charge in [0.15, 0.2) is 25.2 Å². The molecule has 0 aromatic rings. The molecule has 9 aliphatic rings. The van der Waals surface area contributed by atoms with Crippen LogP contribution >= 0.6 is 0 Å². The molecule has 0 bridgehead atoms. The predicted molar refractivity (Wildman–Crippen MR) is 267 cm³/mol. The Bertz CT molecular complexity index is 2070. The zero-order valence-electron chi connectivity index (χ0n) is 46.2. The largest absolute Gasteiger partial charge is 0.396 e. The van der Waals surface area contributed by atoms with Crippen LogP contribution in [0.3, 0.4) is 0 Å². The van der Waals surface area contributed by atoms with Gasteiger partial charge in [0.25, 0.3) is 0 Å². The Labute approximate surface area is 451 Å². The van der Waals surface area contributed by atoms with Crippen LogP contribution in [0.5, 0.6) is 0 Å². The second-order valence-corrected chi connectivity index (χ2v) is 26.5. The van der Waals surface area contributed by atoms with Crippen LogP contribution in [0.25, 0.3) is 0 Å². The zero-order valence-corrected chi connectivity index (χ0v) is 46.2. The summed E-state index contributed by atoms with van der Waals surface area (Å²) in [5.41, 5.74) is -0.390. The van der Waals surface area contributed by atoms with Gasteiger partial charge >= 0.3 is 0 Å². The van der Waals surface area contributed by atoms with Crippen molar-refractivity contribution in [3.8, 4) is 0 Å². The highest BCUT2D eigenvalue weighted by atomic mass is 16.8. The van der Waals surface area contributed by atoms with Crippen LogP contribution in [0, 0.1) is 50.2 Å². The van der Waals surface area contributed by atoms with Crippen LogP contribution < -0.4 is 0 Å². The molecule has 4 saturated heterocycles. The molecule has 4 heterocycles. The van der Waals surface area contributed by atoms with E-state index < -0.39 is 153 Å². The van der Waals surface area contributed by atoms with E-state index in [2.05, 4.69) is 40.7 Å². The summed E-state index contributed by atoms with van der Waals surface area (Å²) < 4.78 is 56.0. The normalized spacial score (nSPS) is 55.8. The minimum absolute atomic E-state index is 0.0204. The van der Waals surface area contributed by atoms with E-state index in [9.17, 15) is 66.4 Å². The molecular weight excluding hydrogens is 1010 g/mol. The summed E-state index contributed by atoms with van der Waals surface area (Å²) >= 11 is 0. The van der Waals surface area contributed by atoms with Crippen molar-refractivity contribution >= 4 is 0 Å². The zero-order chi connectivity index (χ0) is 56.3. The van der Waals surface area contributed by atoms with Crippen molar-refractivity contribution in [2.24, 2.45) is 50.2 Å². The van der Waals surface area contributed by atoms with Crippen LogP contribution in [0.1, 0.15) is 113 Å². The topological polar surface area (TPSA) is 346 Å². The van der Waals surface area contributed by atoms with Crippen LogP contribution in [-0.4, -0.2) is 235 Å². The Hall–Kier alpha value is -1.14. The van der Waals surface area contributed by atoms with Gasteiger partial charge in [-0.2, -0.15) is 0 Å². The molecule has 0 aromatic heterocycles. The average molecular weight is 1110 g/mol. The first-order valence-corrected chi connectivity index (χ1v) is 28.2. The summed E-state index contributed by atoms with van der Waals surface area (Å²) in [5, 5.41) is 143. The van der Waals surface area contributed by atoms with Gasteiger partial charge in [-0.25, -0.2) is 0 Å². The number of hydrogen-bond donors (Lipinski definition) is 13. The second-order valence-electron chi connectivity index (χ2n) is 26.5. The number of aliphatic hydroxyl groups is 13. The number of rotatable bonds is 13. The lowest BCUT2D eigenvalue weighted by molar-refractivity contribution is -0.403. The van der Waals surface area contributed by atoms with Crippen LogP contribution in [0.2, 0.25) is 0 Å². The average Bonchev–Trinajstić information content (AvgIpc) is 3.41. The predicted octanol–water partition coefficient (Wildman–Crippen LogP) is -0.909. The molecule has 444 valence electrons. The third-order valence-corrected chi connectivity index (χ3v) is 21.8. The summed E-state index contributed by atoms with van der Waals surface area (Å²) in [6.07, 6.45) is -24.1. The first-order valence-electron chi connectivity index (χ1n) is 28.2. The van der Waals surface area contributed by atoms with E-state index in [1.165, 1.54) is 19.4 Å². The molecule has 0 radical (unpaired) electrons. The van der Waals surface area contributed by atoms with Crippen molar-refractivity contribution in [1.82, 2.24) is 0 Å². The van der Waals surface area contributed by atoms with Gasteiger partial charge in [-0.1, -0.05) is 53.2 Å². The molecule has 30 atom stereocenters. The maximum atomic E-state index is 12.0. The summed E-state index contributed by atoms with van der Waals surface area (Å²) in [5.74, 6) is 0.102. The third kappa shape index (κ3) is 9.85. The van der Waals surface area contributed by atoms with Crippen molar-refractivity contribution in [3.63, 3.8) is 0 Å². The quantitative estimate of drug-likeness (QED) is 0.0784. The molecule has 0 aromatic carbocycles. The lowest BCUT2D eigenvalue weighted by atomic mass is 9.33. The van der Waals surface area contributed by atoms with Gasteiger partial charge < -0.3 is 109 Å². The standard InChI is InChI=1S/C55H92O22/c1-24-33(60)36(63)39(66)46(70-24)75-42-30(21-57)73-48(41(68)38(42)65)76-43-34(61)25(2)71-49(44(43)77-47-40(67)37(64)35(62)29(20-56)72-47)74-32-11-12-51(5)31(52(32,6)22-58)10-13-54(8)45(51)28(69-9)18-26-27-19-50(3,4)14-16-55(27,23-59)17-15-53(26,54)7/h18,24-25,27-49,56-68H,10-17,19-23H2,1-9H3/t24-,25+,27?,28?,29+,30+,31?,32?,33+,34-,35+,36+,37-,38+,39+,40+,41+,42+,43-,44+,45?,46-,47-,48-,49-,51?,52?,53?,54?,55?/m0/s1. The van der Waals surface area contributed by atoms with Gasteiger partial charge in [-0.3, -0.25) is 0 Å². The molecule has 13 N–H and O–H groups in total. The molecule has 10 unspecified atom stereocenters. The van der Waals surface area contributed by atoms with Gasteiger partial charge in [0, 0.05) is 30.5 Å². The van der Waals surface area contributed by atoms with Crippen molar-refractivity contribution < 1.29 is 109 Å². The Morgan fingerprint density at radius 2 is 1.09 bits per heavy atom. The van der Waals surface area contributed by atoms with E-state index in [4.69, 9.17) is 42.6 Å². The lowest BCUT2D eigenvalue weighted by Crippen LogP contribution is -2.69. The van der Waals surface area contributed by atoms with Crippen molar-refractivity contribution in [2.75, 3.05) is 33.5 Å². The molecule has 77 heavy (non-hydrogen) atoms. The Morgan fingerprint density at radius 3 is 1.71 bits per heavy atom. The van der Waals surface area contributed by atoms with E-state index in [0.717, 1.165) is 44.9 Å². The van der Waals surface area contributed by atoms with E-state index in [0.29, 0.717) is 12.8 Å². The second kappa shape index (κ2) is 22.1. The molecule has 0 amide bonds. The fourth-order valence-corrected chi connectivity index (χ4v) is 16.8. The van der Waals surface area contributed by atoms with Gasteiger partial charge in [0.05, 0.1) is 44.2 Å². The fraction of sp³-hybridized carbons (Fsp3) is 0.964. The minimum Gasteiger partial charge on any atom is -0.396 e. The van der Waals surface area contributed by atoms with E-state index in [1.54, 1.807) is 7.11 Å². The molecular formula is C55H92O22. The summed E-state index contributed by atoms with van der Waals surface area (Å²) in [6.45, 7) is 15.0. The smallest absolute Gasteiger partial charge is 0.187 e. The van der Waals surface area contributed by atoms with Crippen molar-refractivity contribution in [2.45, 2.75) is 248 Å². The number of methoxy groups -OCH3 is 1. The number of allylic oxidation sites excluding steroid dienone is 1. The van der Waals surface area contributed by atoms with Crippen LogP contribution in [0.15, 0.2) is 11.6 Å². The summed E-state index contributed by atoms with van der Waals surface area (Å²) in [7, 11) is 1.78. The summed E-state index contributed by atoms with van der Waals surface area (Å²) in [4.78, 5) is 0. The van der Waals surface area contributed by atoms with E-state index in [1.807, 2.05) is 6.92 Å². The van der Waals surface area contributed by atoms with Gasteiger partial charge in [0.1, 0.15) is 85.5 Å². The highest BCUT2D eigenvalue weighted by Gasteiger charge is 2.71. The number of hydrogen-bond acceptors (Lipinski definition) is 22. The first kappa shape index (κ1) is 60.5. The lowest BCUT2D eigenvalue weighted by Gasteiger charge is -2.72. The maximum absolute atomic E-state index is 12.0. The van der Waals surface area contributed by atoms with E-state index in [-0.39, 0.29) is 58.7 Å². The molecule has 0 spiro atoms. The maximum Gasteiger partial charge on any atom is 0.187 e. The third-order valence-electron chi connectivity index (χ3n) is 21.8. The Morgan fingerprint density at radius 1 is 0.532 bits per heavy atom. The highest BCUT2D eigenvalue weighted by molar-refractivity contribution is 5.36. The number of ether oxygens (including phenoxy) is 9. The van der Waals surface area contributed by atoms with E-state index >= 15 is 0 Å². The molecule has 5 aliphatic carbocycles. The molecule has 8 fully saturated rings. The molecule has 22 heteroatoms. The molecule has 4 aliphatic heterocycles. The van der Waals surface area contributed by atoms with Crippen LogP contribution in [-0.2, 0) is 42.6 Å². The first-order chi connectivity index (χ1) is 36.1. The van der Waals surface area contributed by atoms with Gasteiger partial charge in [-0.05, 0) is 105 Å². The van der Waals surface area contributed by atoms with Gasteiger partial charge in [-0.15, -0.1) is 0 Å². The highest BCUT2D eigenvalue weighted by Crippen LogP contribution is 2.76. The fourth-order valence-electron chi connectivity index (χ4n) is 16.8. The van der Waals surface area contributed by atoms with Crippen LogP contribution in [0.4, 0.5) is 0 Å². The number of fused-ring (bicyclic) bond motifs is 7. The molecule has 9 rings (SSSR count). The number of aliphatic hydroxyl groups excluding tert-OH is 13. The minimum atomic E-state index is -2.01. The van der Waals surface area contributed by atoms with Crippen molar-refractivity contribution in [3.05, 3.63) is 11.6 Å². The van der Waals surface area contributed by atoms with Crippen molar-refractivity contribution in [1.29, 1.82) is 0 Å². The molecule has 4 saturated carbocycles. The van der Waals surface area contributed by atoms with Gasteiger partial charge in [0.2, 0.25) is 0 Å². The molecule has 22 nitrogen and oxygen atoms in total. The SMILES string of the molecule is COC1C=C2C3CC(C)(C)CCC3(CO)CCC2(C)C2(C)CCC3C(C)(CO)C(O[C@@H]4O[C@H](C)[C@H](O)[C@H](O[C@@H]5O[C@H](CO)[C@@H](O[C@@H]6O[C@@H](C)[C@@H](O)[C@@H](O)[C@H]6O)[C@H](O)[C@H]5O)[C@H]4O[C@@H]4O[C@H](CO)[C@@H](O)[C@H](O)[C@H]4O)CCC3(C)C12. The summed E-state index contributed by atoms with van der Waals surface area (Å²) in [6, 6.07) is 0. The Kier molecular flexibility index (Phi) is 17.4.